The summed E-state index contributed by atoms with van der Waals surface area (Å²) in [5.41, 5.74) is 1.30. The Bertz CT molecular complexity index is 765. The molecule has 1 aromatic carbocycles. The summed E-state index contributed by atoms with van der Waals surface area (Å²) in [7, 11) is 0. The lowest BCUT2D eigenvalue weighted by molar-refractivity contribution is -0.124. The molecule has 3 amide bonds. The highest BCUT2D eigenvalue weighted by Crippen LogP contribution is 2.16. The molecule has 0 aliphatic carbocycles. The van der Waals surface area contributed by atoms with Crippen LogP contribution >= 0.6 is 0 Å². The molecule has 1 aromatic heterocycles. The van der Waals surface area contributed by atoms with Crippen LogP contribution in [0.25, 0.3) is 10.9 Å². The fourth-order valence-corrected chi connectivity index (χ4v) is 3.13. The number of H-pyrrole nitrogens is 1. The lowest BCUT2D eigenvalue weighted by Crippen LogP contribution is -2.42. The van der Waals surface area contributed by atoms with E-state index in [1.54, 1.807) is 6.07 Å². The van der Waals surface area contributed by atoms with Crippen molar-refractivity contribution < 1.29 is 14.4 Å². The molecule has 132 valence electrons. The Hall–Kier alpha value is -2.83. The summed E-state index contributed by atoms with van der Waals surface area (Å²) in [5.74, 6) is -0.589. The van der Waals surface area contributed by atoms with Crippen LogP contribution in [-0.2, 0) is 9.59 Å². The van der Waals surface area contributed by atoms with E-state index >= 15 is 0 Å². The van der Waals surface area contributed by atoms with E-state index in [0.29, 0.717) is 18.7 Å². The van der Waals surface area contributed by atoms with Gasteiger partial charge >= 0.3 is 0 Å². The summed E-state index contributed by atoms with van der Waals surface area (Å²) in [5, 5.41) is 9.15. The molecular formula is C18H22N4O3. The molecule has 1 aliphatic heterocycles. The molecule has 2 unspecified atom stereocenters. The van der Waals surface area contributed by atoms with E-state index in [4.69, 9.17) is 0 Å². The van der Waals surface area contributed by atoms with Gasteiger partial charge in [0.05, 0.1) is 6.54 Å². The van der Waals surface area contributed by atoms with Crippen molar-refractivity contribution in [1.82, 2.24) is 20.9 Å². The fraction of sp³-hybridized carbons (Fsp3) is 0.389. The van der Waals surface area contributed by atoms with Crippen LogP contribution in [0.1, 0.15) is 30.3 Å². The Morgan fingerprint density at radius 1 is 1.32 bits per heavy atom. The smallest absolute Gasteiger partial charge is 0.268 e. The van der Waals surface area contributed by atoms with Gasteiger partial charge in [-0.3, -0.25) is 14.4 Å². The van der Waals surface area contributed by atoms with Gasteiger partial charge in [0.25, 0.3) is 5.91 Å². The van der Waals surface area contributed by atoms with E-state index in [1.165, 1.54) is 0 Å². The van der Waals surface area contributed by atoms with Crippen molar-refractivity contribution in [2.75, 3.05) is 13.1 Å². The van der Waals surface area contributed by atoms with Crippen molar-refractivity contribution in [2.24, 2.45) is 5.92 Å². The van der Waals surface area contributed by atoms with Crippen molar-refractivity contribution in [1.29, 1.82) is 0 Å². The van der Waals surface area contributed by atoms with Gasteiger partial charge < -0.3 is 20.9 Å². The number of aromatic amines is 1. The predicted octanol–water partition coefficient (Wildman–Crippen LogP) is 0.929. The normalized spacial score (nSPS) is 18.0. The first-order chi connectivity index (χ1) is 12.0. The maximum absolute atomic E-state index is 12.2. The first-order valence-corrected chi connectivity index (χ1v) is 8.46. The zero-order valence-corrected chi connectivity index (χ0v) is 14.1. The molecule has 0 spiro atoms. The van der Waals surface area contributed by atoms with Gasteiger partial charge in [-0.15, -0.1) is 0 Å². The molecule has 0 saturated carbocycles. The minimum absolute atomic E-state index is 0.0451. The minimum atomic E-state index is -0.325. The molecule has 2 heterocycles. The second-order valence-electron chi connectivity index (χ2n) is 6.43. The molecular weight excluding hydrogens is 320 g/mol. The average Bonchev–Trinajstić information content (AvgIpc) is 3.19. The highest BCUT2D eigenvalue weighted by Gasteiger charge is 2.26. The number of amides is 3. The van der Waals surface area contributed by atoms with E-state index in [-0.39, 0.29) is 36.2 Å². The Balaban J connectivity index is 1.46. The van der Waals surface area contributed by atoms with E-state index < -0.39 is 0 Å². The summed E-state index contributed by atoms with van der Waals surface area (Å²) in [6, 6.07) is 9.23. The summed E-state index contributed by atoms with van der Waals surface area (Å²) in [4.78, 5) is 38.7. The number of para-hydroxylation sites is 1. The molecule has 1 fully saturated rings. The van der Waals surface area contributed by atoms with E-state index in [1.807, 2.05) is 31.2 Å². The van der Waals surface area contributed by atoms with Crippen LogP contribution < -0.4 is 16.0 Å². The van der Waals surface area contributed by atoms with Gasteiger partial charge in [-0.1, -0.05) is 18.2 Å². The Labute approximate surface area is 145 Å². The zero-order valence-electron chi connectivity index (χ0n) is 14.1. The third-order valence-corrected chi connectivity index (χ3v) is 4.39. The summed E-state index contributed by atoms with van der Waals surface area (Å²) < 4.78 is 0. The summed E-state index contributed by atoms with van der Waals surface area (Å²) in [6.07, 6.45) is 1.41. The van der Waals surface area contributed by atoms with Gasteiger partial charge in [0.1, 0.15) is 5.69 Å². The molecule has 4 N–H and O–H groups in total. The Morgan fingerprint density at radius 2 is 2.12 bits per heavy atom. The standard InChI is InChI=1S/C18H22N4O3/c1-11(8-13-6-7-19-17(13)24)21-16(23)10-20-18(25)15-9-12-4-2-3-5-14(12)22-15/h2-5,9,11,13,22H,6-8,10H2,1H3,(H,19,24)(H,20,25)(H,21,23). The number of carbonyl (C=O) groups excluding carboxylic acids is 3. The van der Waals surface area contributed by atoms with Crippen LogP contribution in [0, 0.1) is 5.92 Å². The lowest BCUT2D eigenvalue weighted by atomic mass is 9.99. The molecule has 0 radical (unpaired) electrons. The summed E-state index contributed by atoms with van der Waals surface area (Å²) >= 11 is 0. The monoisotopic (exact) mass is 342 g/mol. The topological polar surface area (TPSA) is 103 Å². The molecule has 2 aromatic rings. The molecule has 1 aliphatic rings. The number of hydrogen-bond donors (Lipinski definition) is 4. The third kappa shape index (κ3) is 4.17. The average molecular weight is 342 g/mol. The maximum atomic E-state index is 12.2. The highest BCUT2D eigenvalue weighted by molar-refractivity contribution is 5.99. The second-order valence-corrected chi connectivity index (χ2v) is 6.43. The van der Waals surface area contributed by atoms with Gasteiger partial charge in [0, 0.05) is 29.4 Å². The number of nitrogens with one attached hydrogen (secondary N) is 4. The molecule has 0 bridgehead atoms. The van der Waals surface area contributed by atoms with Gasteiger partial charge in [-0.2, -0.15) is 0 Å². The van der Waals surface area contributed by atoms with Crippen LogP contribution in [0.4, 0.5) is 0 Å². The number of hydrogen-bond acceptors (Lipinski definition) is 3. The molecule has 25 heavy (non-hydrogen) atoms. The van der Waals surface area contributed by atoms with E-state index in [0.717, 1.165) is 17.3 Å². The van der Waals surface area contributed by atoms with Crippen LogP contribution in [0.5, 0.6) is 0 Å². The van der Waals surface area contributed by atoms with Gasteiger partial charge in [0.2, 0.25) is 11.8 Å². The number of carbonyl (C=O) groups is 3. The zero-order chi connectivity index (χ0) is 17.8. The van der Waals surface area contributed by atoms with Gasteiger partial charge in [0.15, 0.2) is 0 Å². The van der Waals surface area contributed by atoms with Crippen molar-refractivity contribution >= 4 is 28.6 Å². The van der Waals surface area contributed by atoms with Crippen molar-refractivity contribution in [3.63, 3.8) is 0 Å². The van der Waals surface area contributed by atoms with Crippen LogP contribution in [0.3, 0.4) is 0 Å². The van der Waals surface area contributed by atoms with Gasteiger partial charge in [-0.25, -0.2) is 0 Å². The first kappa shape index (κ1) is 17.0. The van der Waals surface area contributed by atoms with Crippen molar-refractivity contribution in [2.45, 2.75) is 25.8 Å². The van der Waals surface area contributed by atoms with Crippen LogP contribution in [-0.4, -0.2) is 41.8 Å². The van der Waals surface area contributed by atoms with Crippen molar-refractivity contribution in [3.8, 4) is 0 Å². The predicted molar refractivity (Wildman–Crippen MR) is 94.0 cm³/mol. The Kier molecular flexibility index (Phi) is 5.02. The molecule has 7 nitrogen and oxygen atoms in total. The number of benzene rings is 1. The molecule has 3 rings (SSSR count). The van der Waals surface area contributed by atoms with E-state index in [2.05, 4.69) is 20.9 Å². The second kappa shape index (κ2) is 7.38. The van der Waals surface area contributed by atoms with E-state index in [9.17, 15) is 14.4 Å². The summed E-state index contributed by atoms with van der Waals surface area (Å²) in [6.45, 7) is 2.46. The minimum Gasteiger partial charge on any atom is -0.356 e. The first-order valence-electron chi connectivity index (χ1n) is 8.46. The van der Waals surface area contributed by atoms with Gasteiger partial charge in [-0.05, 0) is 31.9 Å². The number of aromatic nitrogens is 1. The third-order valence-electron chi connectivity index (χ3n) is 4.39. The quantitative estimate of drug-likeness (QED) is 0.628. The molecule has 7 heteroatoms. The highest BCUT2D eigenvalue weighted by atomic mass is 16.2. The number of rotatable bonds is 6. The SMILES string of the molecule is CC(CC1CCNC1=O)NC(=O)CNC(=O)c1cc2ccccc2[nH]1. The fourth-order valence-electron chi connectivity index (χ4n) is 3.13. The Morgan fingerprint density at radius 3 is 2.84 bits per heavy atom. The van der Waals surface area contributed by atoms with Crippen LogP contribution in [0.15, 0.2) is 30.3 Å². The number of fused-ring (bicyclic) bond motifs is 1. The lowest BCUT2D eigenvalue weighted by Gasteiger charge is -2.16. The molecule has 2 atom stereocenters. The van der Waals surface area contributed by atoms with Crippen molar-refractivity contribution in [3.05, 3.63) is 36.0 Å². The molecule has 1 saturated heterocycles. The largest absolute Gasteiger partial charge is 0.356 e. The van der Waals surface area contributed by atoms with Crippen LogP contribution in [0.2, 0.25) is 0 Å². The maximum Gasteiger partial charge on any atom is 0.268 e.